The molecule has 2 fully saturated rings. The topological polar surface area (TPSA) is 62.6 Å². The molecule has 1 heterocycles. The molecule has 0 amide bonds. The maximum atomic E-state index is 12.7. The van der Waals surface area contributed by atoms with Gasteiger partial charge in [-0.05, 0) is 44.7 Å². The van der Waals surface area contributed by atoms with Crippen LogP contribution in [0.25, 0.3) is 0 Å². The van der Waals surface area contributed by atoms with Crippen molar-refractivity contribution in [3.8, 4) is 0 Å². The molecular weight excluding hydrogens is 276 g/mol. The Morgan fingerprint density at radius 1 is 1.40 bits per heavy atom. The van der Waals surface area contributed by atoms with E-state index in [9.17, 15) is 8.42 Å². The van der Waals surface area contributed by atoms with Crippen LogP contribution < -0.4 is 5.32 Å². The van der Waals surface area contributed by atoms with Crippen molar-refractivity contribution in [2.24, 2.45) is 0 Å². The summed E-state index contributed by atoms with van der Waals surface area (Å²) < 4.78 is 32.4. The minimum absolute atomic E-state index is 0.161. The lowest BCUT2D eigenvalue weighted by Gasteiger charge is -2.25. The Morgan fingerprint density at radius 2 is 2.15 bits per heavy atom. The van der Waals surface area contributed by atoms with Crippen LogP contribution in [-0.4, -0.2) is 36.6 Å². The zero-order valence-corrected chi connectivity index (χ0v) is 12.6. The van der Waals surface area contributed by atoms with Crippen LogP contribution in [0.2, 0.25) is 0 Å². The van der Waals surface area contributed by atoms with Gasteiger partial charge in [0.15, 0.2) is 0 Å². The number of rotatable bonds is 8. The third kappa shape index (κ3) is 3.24. The molecule has 20 heavy (non-hydrogen) atoms. The SMILES string of the molecule is CC(CNC1CC1)S(=O)(=O)N(Cc1ccco1)C1CC1. The first kappa shape index (κ1) is 14.1. The summed E-state index contributed by atoms with van der Waals surface area (Å²) in [7, 11) is -3.27. The van der Waals surface area contributed by atoms with E-state index in [-0.39, 0.29) is 6.04 Å². The molecule has 2 aliphatic rings. The second-order valence-corrected chi connectivity index (χ2v) is 8.20. The Bertz CT molecular complexity index is 533. The second kappa shape index (κ2) is 5.50. The zero-order valence-electron chi connectivity index (χ0n) is 11.8. The Balaban J connectivity index is 1.67. The quantitative estimate of drug-likeness (QED) is 0.793. The van der Waals surface area contributed by atoms with Crippen LogP contribution in [0.15, 0.2) is 22.8 Å². The molecular formula is C14H22N2O3S. The van der Waals surface area contributed by atoms with Crippen LogP contribution in [-0.2, 0) is 16.6 Å². The van der Waals surface area contributed by atoms with Gasteiger partial charge in [0.05, 0.1) is 18.1 Å². The van der Waals surface area contributed by atoms with E-state index < -0.39 is 15.3 Å². The van der Waals surface area contributed by atoms with Gasteiger partial charge in [-0.25, -0.2) is 8.42 Å². The number of nitrogens with one attached hydrogen (secondary N) is 1. The van der Waals surface area contributed by atoms with Crippen molar-refractivity contribution in [2.45, 2.75) is 56.5 Å². The summed E-state index contributed by atoms with van der Waals surface area (Å²) in [4.78, 5) is 0. The first-order chi connectivity index (χ1) is 9.57. The lowest BCUT2D eigenvalue weighted by molar-refractivity contribution is 0.352. The van der Waals surface area contributed by atoms with Crippen molar-refractivity contribution in [3.05, 3.63) is 24.2 Å². The van der Waals surface area contributed by atoms with Gasteiger partial charge in [0.25, 0.3) is 0 Å². The van der Waals surface area contributed by atoms with E-state index in [1.165, 1.54) is 12.8 Å². The van der Waals surface area contributed by atoms with Gasteiger partial charge in [-0.1, -0.05) is 0 Å². The summed E-state index contributed by atoms with van der Waals surface area (Å²) in [6.45, 7) is 2.68. The molecule has 5 nitrogen and oxygen atoms in total. The molecule has 0 aromatic carbocycles. The van der Waals surface area contributed by atoms with Crippen LogP contribution in [0.1, 0.15) is 38.4 Å². The van der Waals surface area contributed by atoms with Gasteiger partial charge in [-0.3, -0.25) is 0 Å². The number of furan rings is 1. The highest BCUT2D eigenvalue weighted by Crippen LogP contribution is 2.32. The summed E-state index contributed by atoms with van der Waals surface area (Å²) in [5, 5.41) is 2.92. The van der Waals surface area contributed by atoms with Gasteiger partial charge in [-0.15, -0.1) is 0 Å². The summed E-state index contributed by atoms with van der Waals surface area (Å²) >= 11 is 0. The van der Waals surface area contributed by atoms with Gasteiger partial charge in [0.1, 0.15) is 5.76 Å². The second-order valence-electron chi connectivity index (χ2n) is 5.89. The molecule has 0 spiro atoms. The highest BCUT2D eigenvalue weighted by atomic mass is 32.2. The van der Waals surface area contributed by atoms with Crippen molar-refractivity contribution >= 4 is 10.0 Å². The van der Waals surface area contributed by atoms with Crippen LogP contribution in [0.3, 0.4) is 0 Å². The minimum atomic E-state index is -3.27. The molecule has 1 aromatic heterocycles. The highest BCUT2D eigenvalue weighted by molar-refractivity contribution is 7.89. The van der Waals surface area contributed by atoms with E-state index in [0.717, 1.165) is 12.8 Å². The maximum absolute atomic E-state index is 12.7. The van der Waals surface area contributed by atoms with E-state index in [2.05, 4.69) is 5.32 Å². The molecule has 3 rings (SSSR count). The predicted molar refractivity (Wildman–Crippen MR) is 76.7 cm³/mol. The van der Waals surface area contributed by atoms with Crippen LogP contribution in [0.4, 0.5) is 0 Å². The third-order valence-electron chi connectivity index (χ3n) is 3.95. The lowest BCUT2D eigenvalue weighted by Crippen LogP contribution is -2.43. The lowest BCUT2D eigenvalue weighted by atomic mass is 10.4. The number of hydrogen-bond donors (Lipinski definition) is 1. The highest BCUT2D eigenvalue weighted by Gasteiger charge is 2.40. The average Bonchev–Trinajstić information content (AvgIpc) is 3.34. The molecule has 1 unspecified atom stereocenters. The Morgan fingerprint density at radius 3 is 2.70 bits per heavy atom. The molecule has 2 saturated carbocycles. The van der Waals surface area contributed by atoms with E-state index >= 15 is 0 Å². The van der Waals surface area contributed by atoms with Gasteiger partial charge in [-0.2, -0.15) is 4.31 Å². The van der Waals surface area contributed by atoms with Crippen molar-refractivity contribution in [2.75, 3.05) is 6.54 Å². The molecule has 0 radical (unpaired) electrons. The van der Waals surface area contributed by atoms with E-state index in [1.807, 2.05) is 6.07 Å². The first-order valence-corrected chi connectivity index (χ1v) is 8.84. The van der Waals surface area contributed by atoms with Crippen LogP contribution in [0.5, 0.6) is 0 Å². The predicted octanol–water partition coefficient (Wildman–Crippen LogP) is 1.71. The molecule has 1 aromatic rings. The normalized spacial score (nSPS) is 21.3. The van der Waals surface area contributed by atoms with Gasteiger partial charge < -0.3 is 9.73 Å². The van der Waals surface area contributed by atoms with E-state index in [0.29, 0.717) is 24.9 Å². The molecule has 112 valence electrons. The Labute approximate surface area is 120 Å². The Kier molecular flexibility index (Phi) is 3.88. The summed E-state index contributed by atoms with van der Waals surface area (Å²) in [5.74, 6) is 0.711. The van der Waals surface area contributed by atoms with Crippen molar-refractivity contribution in [1.82, 2.24) is 9.62 Å². The smallest absolute Gasteiger partial charge is 0.218 e. The van der Waals surface area contributed by atoms with E-state index in [1.54, 1.807) is 23.6 Å². The average molecular weight is 298 g/mol. The van der Waals surface area contributed by atoms with Crippen molar-refractivity contribution < 1.29 is 12.8 Å². The Hall–Kier alpha value is -0.850. The van der Waals surface area contributed by atoms with Gasteiger partial charge in [0, 0.05) is 18.6 Å². The number of sulfonamides is 1. The molecule has 2 aliphatic carbocycles. The summed E-state index contributed by atoms with van der Waals surface area (Å²) in [5.41, 5.74) is 0. The molecule has 0 bridgehead atoms. The van der Waals surface area contributed by atoms with Gasteiger partial charge >= 0.3 is 0 Å². The molecule has 0 saturated heterocycles. The van der Waals surface area contributed by atoms with Crippen molar-refractivity contribution in [3.63, 3.8) is 0 Å². The first-order valence-electron chi connectivity index (χ1n) is 7.34. The fourth-order valence-electron chi connectivity index (χ4n) is 2.30. The van der Waals surface area contributed by atoms with Crippen LogP contribution >= 0.6 is 0 Å². The van der Waals surface area contributed by atoms with Crippen molar-refractivity contribution in [1.29, 1.82) is 0 Å². The monoisotopic (exact) mass is 298 g/mol. The third-order valence-corrected chi connectivity index (χ3v) is 6.22. The molecule has 6 heteroatoms. The summed E-state index contributed by atoms with van der Waals surface area (Å²) in [6.07, 6.45) is 5.85. The largest absolute Gasteiger partial charge is 0.468 e. The van der Waals surface area contributed by atoms with Gasteiger partial charge in [0.2, 0.25) is 10.0 Å². The number of nitrogens with zero attached hydrogens (tertiary/aromatic N) is 1. The molecule has 1 atom stereocenters. The molecule has 0 aliphatic heterocycles. The summed E-state index contributed by atoms with van der Waals surface area (Å²) in [6, 6.07) is 4.32. The number of hydrogen-bond acceptors (Lipinski definition) is 4. The minimum Gasteiger partial charge on any atom is -0.468 e. The fourth-order valence-corrected chi connectivity index (χ4v) is 4.00. The molecule has 1 N–H and O–H groups in total. The zero-order chi connectivity index (χ0) is 14.2. The maximum Gasteiger partial charge on any atom is 0.218 e. The fraction of sp³-hybridized carbons (Fsp3) is 0.714. The van der Waals surface area contributed by atoms with Crippen LogP contribution in [0, 0.1) is 0 Å². The van der Waals surface area contributed by atoms with E-state index in [4.69, 9.17) is 4.42 Å². The standard InChI is InChI=1S/C14H22N2O3S/c1-11(9-15-12-4-5-12)20(17,18)16(13-6-7-13)10-14-3-2-8-19-14/h2-3,8,11-13,15H,4-7,9-10H2,1H3.